The van der Waals surface area contributed by atoms with Gasteiger partial charge in [-0.2, -0.15) is 0 Å². The van der Waals surface area contributed by atoms with Gasteiger partial charge in [-0.3, -0.25) is 0 Å². The molecule has 88 valence electrons. The van der Waals surface area contributed by atoms with Crippen LogP contribution in [0.15, 0.2) is 34.7 Å². The quantitative estimate of drug-likeness (QED) is 0.902. The lowest BCUT2D eigenvalue weighted by Crippen LogP contribution is -2.25. The van der Waals surface area contributed by atoms with Crippen LogP contribution in [0.2, 0.25) is 0 Å². The zero-order valence-electron chi connectivity index (χ0n) is 9.25. The van der Waals surface area contributed by atoms with Gasteiger partial charge in [-0.15, -0.1) is 0 Å². The van der Waals surface area contributed by atoms with Gasteiger partial charge in [0.1, 0.15) is 0 Å². The fourth-order valence-corrected chi connectivity index (χ4v) is 2.75. The van der Waals surface area contributed by atoms with Crippen molar-refractivity contribution >= 4 is 21.6 Å². The lowest BCUT2D eigenvalue weighted by molar-refractivity contribution is 0.584. The van der Waals surface area contributed by atoms with E-state index < -0.39 is 10.0 Å². The molecule has 0 atom stereocenters. The molecule has 16 heavy (non-hydrogen) atoms. The summed E-state index contributed by atoms with van der Waals surface area (Å²) in [6.45, 7) is 7.14. The van der Waals surface area contributed by atoms with Crippen molar-refractivity contribution in [2.45, 2.75) is 18.7 Å². The highest BCUT2D eigenvalue weighted by Gasteiger charge is 2.15. The van der Waals surface area contributed by atoms with E-state index in [-0.39, 0.29) is 16.5 Å². The largest absolute Gasteiger partial charge is 0.241 e. The van der Waals surface area contributed by atoms with E-state index in [4.69, 9.17) is 11.6 Å². The predicted octanol–water partition coefficient (Wildman–Crippen LogP) is 2.33. The maximum Gasteiger partial charge on any atom is 0.241 e. The molecule has 1 aromatic rings. The normalized spacial score (nSPS) is 11.4. The first kappa shape index (κ1) is 13.2. The molecule has 0 amide bonds. The van der Waals surface area contributed by atoms with E-state index in [1.807, 2.05) is 13.0 Å². The standard InChI is InChI=1S/C11H14ClNO2S/c1-8-4-5-11(9(2)6-8)16(14,15)13-7-10(3)12/h4-6,13H,3,7H2,1-2H3. The van der Waals surface area contributed by atoms with E-state index in [2.05, 4.69) is 11.3 Å². The van der Waals surface area contributed by atoms with E-state index in [0.29, 0.717) is 5.56 Å². The van der Waals surface area contributed by atoms with Gasteiger partial charge in [-0.1, -0.05) is 35.9 Å². The Bertz CT molecular complexity index is 509. The van der Waals surface area contributed by atoms with Crippen molar-refractivity contribution in [3.8, 4) is 0 Å². The Labute approximate surface area is 101 Å². The fourth-order valence-electron chi connectivity index (χ4n) is 1.35. The average molecular weight is 260 g/mol. The predicted molar refractivity (Wildman–Crippen MR) is 66.1 cm³/mol. The second-order valence-electron chi connectivity index (χ2n) is 3.61. The molecule has 0 bridgehead atoms. The Kier molecular flexibility index (Phi) is 4.13. The lowest BCUT2D eigenvalue weighted by atomic mass is 10.2. The highest BCUT2D eigenvalue weighted by atomic mass is 35.5. The van der Waals surface area contributed by atoms with Crippen molar-refractivity contribution in [1.29, 1.82) is 0 Å². The van der Waals surface area contributed by atoms with Gasteiger partial charge in [0.05, 0.1) is 4.90 Å². The Hall–Kier alpha value is -0.840. The Morgan fingerprint density at radius 2 is 2.06 bits per heavy atom. The van der Waals surface area contributed by atoms with Gasteiger partial charge in [0.15, 0.2) is 0 Å². The third-order valence-electron chi connectivity index (χ3n) is 2.07. The van der Waals surface area contributed by atoms with Gasteiger partial charge in [-0.05, 0) is 25.5 Å². The van der Waals surface area contributed by atoms with E-state index in [1.165, 1.54) is 0 Å². The van der Waals surface area contributed by atoms with E-state index >= 15 is 0 Å². The summed E-state index contributed by atoms with van der Waals surface area (Å²) < 4.78 is 26.1. The summed E-state index contributed by atoms with van der Waals surface area (Å²) in [5.74, 6) is 0. The van der Waals surface area contributed by atoms with Gasteiger partial charge < -0.3 is 0 Å². The van der Waals surface area contributed by atoms with E-state index in [0.717, 1.165) is 5.56 Å². The molecule has 0 unspecified atom stereocenters. The minimum Gasteiger partial charge on any atom is -0.207 e. The first-order valence-electron chi connectivity index (χ1n) is 4.73. The van der Waals surface area contributed by atoms with E-state index in [9.17, 15) is 8.42 Å². The number of hydrogen-bond acceptors (Lipinski definition) is 2. The van der Waals surface area contributed by atoms with Crippen molar-refractivity contribution < 1.29 is 8.42 Å². The van der Waals surface area contributed by atoms with Crippen LogP contribution in [-0.2, 0) is 10.0 Å². The van der Waals surface area contributed by atoms with E-state index in [1.54, 1.807) is 19.1 Å². The molecular formula is C11H14ClNO2S. The molecule has 0 aromatic heterocycles. The highest BCUT2D eigenvalue weighted by Crippen LogP contribution is 2.16. The molecule has 0 fully saturated rings. The molecule has 0 saturated heterocycles. The summed E-state index contributed by atoms with van der Waals surface area (Å²) in [7, 11) is -3.50. The minimum absolute atomic E-state index is 0.0389. The number of benzene rings is 1. The first-order chi connectivity index (χ1) is 7.33. The molecule has 1 N–H and O–H groups in total. The molecule has 1 rings (SSSR count). The van der Waals surface area contributed by atoms with Crippen LogP contribution in [0.4, 0.5) is 0 Å². The first-order valence-corrected chi connectivity index (χ1v) is 6.59. The lowest BCUT2D eigenvalue weighted by Gasteiger charge is -2.09. The molecule has 0 saturated carbocycles. The van der Waals surface area contributed by atoms with Crippen molar-refractivity contribution in [2.75, 3.05) is 6.54 Å². The molecule has 0 aliphatic rings. The van der Waals surface area contributed by atoms with Crippen LogP contribution in [0, 0.1) is 13.8 Å². The zero-order valence-corrected chi connectivity index (χ0v) is 10.8. The monoisotopic (exact) mass is 259 g/mol. The SMILES string of the molecule is C=C(Cl)CNS(=O)(=O)c1ccc(C)cc1C. The molecule has 0 heterocycles. The van der Waals surface area contributed by atoms with Gasteiger partial charge in [0, 0.05) is 11.6 Å². The van der Waals surface area contributed by atoms with Crippen LogP contribution < -0.4 is 4.72 Å². The van der Waals surface area contributed by atoms with Gasteiger partial charge in [0.25, 0.3) is 0 Å². The summed E-state index contributed by atoms with van der Waals surface area (Å²) in [5, 5.41) is 0.258. The number of nitrogens with one attached hydrogen (secondary N) is 1. The third kappa shape index (κ3) is 3.33. The summed E-state index contributed by atoms with van der Waals surface area (Å²) >= 11 is 5.51. The van der Waals surface area contributed by atoms with Crippen LogP contribution in [0.25, 0.3) is 0 Å². The molecule has 3 nitrogen and oxygen atoms in total. The summed E-state index contributed by atoms with van der Waals surface area (Å²) in [4.78, 5) is 0.274. The highest BCUT2D eigenvalue weighted by molar-refractivity contribution is 7.89. The Morgan fingerprint density at radius 1 is 1.44 bits per heavy atom. The summed E-state index contributed by atoms with van der Waals surface area (Å²) in [5.41, 5.74) is 1.74. The fraction of sp³-hybridized carbons (Fsp3) is 0.273. The van der Waals surface area contributed by atoms with Crippen LogP contribution in [0.1, 0.15) is 11.1 Å². The number of hydrogen-bond donors (Lipinski definition) is 1. The molecule has 0 aliphatic heterocycles. The van der Waals surface area contributed by atoms with Crippen LogP contribution >= 0.6 is 11.6 Å². The number of halogens is 1. The second-order valence-corrected chi connectivity index (χ2v) is 5.88. The molecule has 0 spiro atoms. The Morgan fingerprint density at radius 3 is 2.56 bits per heavy atom. The zero-order chi connectivity index (χ0) is 12.3. The van der Waals surface area contributed by atoms with Crippen LogP contribution in [-0.4, -0.2) is 15.0 Å². The summed E-state index contributed by atoms with van der Waals surface area (Å²) in [6.07, 6.45) is 0. The molecule has 5 heteroatoms. The van der Waals surface area contributed by atoms with Gasteiger partial charge in [0.2, 0.25) is 10.0 Å². The maximum atomic E-state index is 11.9. The topological polar surface area (TPSA) is 46.2 Å². The molecular weight excluding hydrogens is 246 g/mol. The number of aryl methyl sites for hydroxylation is 2. The van der Waals surface area contributed by atoms with Crippen molar-refractivity contribution in [1.82, 2.24) is 4.72 Å². The number of sulfonamides is 1. The van der Waals surface area contributed by atoms with Crippen molar-refractivity contribution in [2.24, 2.45) is 0 Å². The molecule has 1 aromatic carbocycles. The van der Waals surface area contributed by atoms with Gasteiger partial charge >= 0.3 is 0 Å². The minimum atomic E-state index is -3.50. The van der Waals surface area contributed by atoms with Crippen molar-refractivity contribution in [3.05, 3.63) is 40.9 Å². The van der Waals surface area contributed by atoms with Crippen LogP contribution in [0.5, 0.6) is 0 Å². The van der Waals surface area contributed by atoms with Crippen LogP contribution in [0.3, 0.4) is 0 Å². The maximum absolute atomic E-state index is 11.9. The molecule has 0 radical (unpaired) electrons. The van der Waals surface area contributed by atoms with Crippen molar-refractivity contribution in [3.63, 3.8) is 0 Å². The number of rotatable bonds is 4. The average Bonchev–Trinajstić information content (AvgIpc) is 2.14. The second kappa shape index (κ2) is 4.99. The molecule has 0 aliphatic carbocycles. The van der Waals surface area contributed by atoms with Gasteiger partial charge in [-0.25, -0.2) is 13.1 Å². The third-order valence-corrected chi connectivity index (χ3v) is 3.77. The Balaban J connectivity index is 3.03. The smallest absolute Gasteiger partial charge is 0.207 e. The summed E-state index contributed by atoms with van der Waals surface area (Å²) in [6, 6.07) is 5.17.